The van der Waals surface area contributed by atoms with Crippen LogP contribution in [0.5, 0.6) is 0 Å². The van der Waals surface area contributed by atoms with E-state index in [0.29, 0.717) is 19.3 Å². The molecule has 6 unspecified atom stereocenters. The Morgan fingerprint density at radius 3 is 0.920 bits per heavy atom. The van der Waals surface area contributed by atoms with Crippen LogP contribution < -0.4 is 5.32 Å². The molecule has 0 aliphatic heterocycles. The molecule has 1 rings (SSSR count). The Hall–Kier alpha value is -0.660. The maximum Gasteiger partial charge on any atom is 0.472 e. The van der Waals surface area contributed by atoms with E-state index >= 15 is 0 Å². The van der Waals surface area contributed by atoms with Crippen molar-refractivity contribution in [1.29, 1.82) is 0 Å². The number of carbonyl (C=O) groups excluding carboxylic acids is 1. The average molecular weight is 1090 g/mol. The third-order valence-electron chi connectivity index (χ3n) is 16.2. The molecule has 0 spiro atoms. The van der Waals surface area contributed by atoms with Crippen LogP contribution in [-0.2, 0) is 18.4 Å². The van der Waals surface area contributed by atoms with Gasteiger partial charge >= 0.3 is 7.82 Å². The summed E-state index contributed by atoms with van der Waals surface area (Å²) >= 11 is 0. The largest absolute Gasteiger partial charge is 0.472 e. The van der Waals surface area contributed by atoms with Crippen molar-refractivity contribution in [2.24, 2.45) is 0 Å². The Kier molecular flexibility index (Phi) is 49.7. The Bertz CT molecular complexity index is 1270. The minimum atomic E-state index is -5.06. The summed E-state index contributed by atoms with van der Waals surface area (Å²) in [5.41, 5.74) is 0. The monoisotopic (exact) mass is 1090 g/mol. The van der Waals surface area contributed by atoms with Crippen LogP contribution in [0.15, 0.2) is 0 Å². The zero-order chi connectivity index (χ0) is 54.9. The lowest BCUT2D eigenvalue weighted by Gasteiger charge is -2.41. The molecule has 1 fully saturated rings. The van der Waals surface area contributed by atoms with Crippen LogP contribution in [-0.4, -0.2) is 96.8 Å². The van der Waals surface area contributed by atoms with Crippen molar-refractivity contribution in [3.63, 3.8) is 0 Å². The fourth-order valence-corrected chi connectivity index (χ4v) is 11.9. The quantitative estimate of drug-likeness (QED) is 0.0212. The van der Waals surface area contributed by atoms with Gasteiger partial charge in [0.2, 0.25) is 5.91 Å². The third-order valence-corrected chi connectivity index (χ3v) is 17.2. The van der Waals surface area contributed by atoms with E-state index in [1.807, 2.05) is 0 Å². The van der Waals surface area contributed by atoms with Gasteiger partial charge in [0, 0.05) is 6.42 Å². The van der Waals surface area contributed by atoms with E-state index in [1.165, 1.54) is 257 Å². The minimum absolute atomic E-state index is 0.244. The summed E-state index contributed by atoms with van der Waals surface area (Å²) in [6.45, 7) is 3.96. The first kappa shape index (κ1) is 72.4. The molecule has 448 valence electrons. The number of hydrogen-bond donors (Lipinski definition) is 8. The second-order valence-corrected chi connectivity index (χ2v) is 24.7. The van der Waals surface area contributed by atoms with E-state index in [2.05, 4.69) is 19.2 Å². The molecular formula is C62H124NO11P. The maximum atomic E-state index is 13.1. The molecular weight excluding hydrogens is 966 g/mol. The summed E-state index contributed by atoms with van der Waals surface area (Å²) in [6.07, 6.45) is 50.2. The predicted molar refractivity (Wildman–Crippen MR) is 311 cm³/mol. The van der Waals surface area contributed by atoms with E-state index in [-0.39, 0.29) is 12.3 Å². The van der Waals surface area contributed by atoms with Gasteiger partial charge in [-0.05, 0) is 12.8 Å². The van der Waals surface area contributed by atoms with E-state index in [0.717, 1.165) is 38.5 Å². The van der Waals surface area contributed by atoms with Gasteiger partial charge in [-0.2, -0.15) is 0 Å². The van der Waals surface area contributed by atoms with Gasteiger partial charge in [0.1, 0.15) is 36.6 Å². The number of unbranched alkanes of at least 4 members (excludes halogenated alkanes) is 46. The number of rotatable bonds is 57. The van der Waals surface area contributed by atoms with Crippen LogP contribution in [0.4, 0.5) is 0 Å². The van der Waals surface area contributed by atoms with Crippen molar-refractivity contribution < 1.29 is 53.9 Å². The minimum Gasteiger partial charge on any atom is -0.391 e. The smallest absolute Gasteiger partial charge is 0.391 e. The van der Waals surface area contributed by atoms with Crippen LogP contribution >= 0.6 is 7.82 Å². The molecule has 0 heterocycles. The van der Waals surface area contributed by atoms with Crippen molar-refractivity contribution >= 4 is 13.7 Å². The molecule has 1 saturated carbocycles. The Labute approximate surface area is 461 Å². The summed E-state index contributed by atoms with van der Waals surface area (Å²) < 4.78 is 23.2. The summed E-state index contributed by atoms with van der Waals surface area (Å²) in [6, 6.07) is -1.03. The normalized spacial score (nSPS) is 20.6. The fraction of sp³-hybridized carbons (Fsp3) is 0.984. The Morgan fingerprint density at radius 1 is 0.400 bits per heavy atom. The van der Waals surface area contributed by atoms with E-state index in [9.17, 15) is 44.9 Å². The highest BCUT2D eigenvalue weighted by Crippen LogP contribution is 2.47. The number of hydrogen-bond acceptors (Lipinski definition) is 10. The van der Waals surface area contributed by atoms with E-state index < -0.39 is 63.2 Å². The third kappa shape index (κ3) is 41.9. The number of phosphoric ester groups is 1. The van der Waals surface area contributed by atoms with E-state index in [4.69, 9.17) is 9.05 Å². The van der Waals surface area contributed by atoms with Gasteiger partial charge in [-0.15, -0.1) is 0 Å². The lowest BCUT2D eigenvalue weighted by Crippen LogP contribution is -2.64. The number of carbonyl (C=O) groups is 1. The fourth-order valence-electron chi connectivity index (χ4n) is 11.0. The Morgan fingerprint density at radius 2 is 0.640 bits per heavy atom. The molecule has 0 bridgehead atoms. The number of aliphatic hydroxyl groups is 6. The summed E-state index contributed by atoms with van der Waals surface area (Å²) in [5.74, 6) is -0.299. The first-order valence-electron chi connectivity index (χ1n) is 32.5. The number of aliphatic hydroxyl groups excluding tert-OH is 6. The molecule has 0 aromatic heterocycles. The number of amides is 1. The van der Waals surface area contributed by atoms with Crippen LogP contribution in [0, 0.1) is 0 Å². The molecule has 0 radical (unpaired) electrons. The molecule has 75 heavy (non-hydrogen) atoms. The molecule has 8 N–H and O–H groups in total. The zero-order valence-electron chi connectivity index (χ0n) is 48.9. The highest BCUT2D eigenvalue weighted by atomic mass is 31.2. The van der Waals surface area contributed by atoms with Crippen molar-refractivity contribution in [2.75, 3.05) is 6.61 Å². The predicted octanol–water partition coefficient (Wildman–Crippen LogP) is 15.7. The summed E-state index contributed by atoms with van der Waals surface area (Å²) in [5, 5.41) is 64.6. The molecule has 0 aromatic carbocycles. The molecule has 1 aliphatic carbocycles. The van der Waals surface area contributed by atoms with Gasteiger partial charge in [0.15, 0.2) is 0 Å². The highest BCUT2D eigenvalue weighted by molar-refractivity contribution is 7.47. The number of nitrogens with one attached hydrogen (secondary N) is 1. The van der Waals surface area contributed by atoms with Crippen molar-refractivity contribution in [3.05, 3.63) is 0 Å². The second kappa shape index (κ2) is 51.5. The van der Waals surface area contributed by atoms with Gasteiger partial charge in [-0.25, -0.2) is 4.57 Å². The SMILES string of the molecule is CCCCCCCCCCCCCCCCCCCCCCCCCCCCCCCCCC(=O)N[C@@H](COP(=O)(O)OC1C(O)C(O)C(O)[C@@H](O)C1O)[C@H](O)CCCCCCCCCCCCCCCCCCC. The summed E-state index contributed by atoms with van der Waals surface area (Å²) in [4.78, 5) is 23.6. The lowest BCUT2D eigenvalue weighted by atomic mass is 9.85. The van der Waals surface area contributed by atoms with E-state index in [1.54, 1.807) is 0 Å². The molecule has 1 amide bonds. The topological polar surface area (TPSA) is 206 Å². The molecule has 1 aliphatic rings. The highest BCUT2D eigenvalue weighted by Gasteiger charge is 2.51. The average Bonchev–Trinajstić information content (AvgIpc) is 3.40. The van der Waals surface area contributed by atoms with Crippen molar-refractivity contribution in [1.82, 2.24) is 5.32 Å². The van der Waals surface area contributed by atoms with Crippen LogP contribution in [0.2, 0.25) is 0 Å². The van der Waals surface area contributed by atoms with Gasteiger partial charge in [0.05, 0.1) is 18.8 Å². The molecule has 9 atom stereocenters. The molecule has 12 nitrogen and oxygen atoms in total. The maximum absolute atomic E-state index is 13.1. The lowest BCUT2D eigenvalue weighted by molar-refractivity contribution is -0.220. The van der Waals surface area contributed by atoms with Crippen molar-refractivity contribution in [3.8, 4) is 0 Å². The first-order chi connectivity index (χ1) is 36.4. The second-order valence-electron chi connectivity index (χ2n) is 23.3. The van der Waals surface area contributed by atoms with Gasteiger partial charge in [0.25, 0.3) is 0 Å². The molecule has 13 heteroatoms. The summed E-state index contributed by atoms with van der Waals surface area (Å²) in [7, 11) is -5.06. The Balaban J connectivity index is 2.20. The van der Waals surface area contributed by atoms with Crippen LogP contribution in [0.1, 0.15) is 335 Å². The van der Waals surface area contributed by atoms with Crippen LogP contribution in [0.25, 0.3) is 0 Å². The standard InChI is InChI=1S/C62H124NO11P/c1-3-5-7-9-11-13-15-17-19-21-22-23-24-25-26-27-28-29-30-31-32-33-34-36-38-40-42-44-46-48-50-52-56(65)63-54(53-73-75(71,72)74-62-60(69)58(67)57(66)59(68)61(62)70)55(64)51-49-47-45-43-41-39-37-35-20-18-16-14-12-10-8-6-4-2/h54-55,57-62,64,66-70H,3-53H2,1-2H3,(H,63,65)(H,71,72)/t54-,55+,57?,58+,59?,60?,61?,62?/m0/s1. The van der Waals surface area contributed by atoms with Crippen LogP contribution in [0.3, 0.4) is 0 Å². The molecule has 0 aromatic rings. The van der Waals surface area contributed by atoms with Gasteiger partial charge in [-0.3, -0.25) is 13.8 Å². The van der Waals surface area contributed by atoms with Crippen molar-refractivity contribution in [2.45, 2.75) is 384 Å². The van der Waals surface area contributed by atoms with Gasteiger partial charge < -0.3 is 40.8 Å². The number of phosphoric acid groups is 1. The van der Waals surface area contributed by atoms with Gasteiger partial charge in [-0.1, -0.05) is 316 Å². The first-order valence-corrected chi connectivity index (χ1v) is 34.0. The molecule has 0 saturated heterocycles. The zero-order valence-corrected chi connectivity index (χ0v) is 49.8.